The summed E-state index contributed by atoms with van der Waals surface area (Å²) >= 11 is 0. The maximum Gasteiger partial charge on any atom is 0.406 e. The monoisotopic (exact) mass is 259 g/mol. The molecule has 1 amide bonds. The maximum atomic E-state index is 12.5. The zero-order valence-corrected chi connectivity index (χ0v) is 10.9. The molecule has 0 aliphatic rings. The molecule has 0 aromatic heterocycles. The first kappa shape index (κ1) is 14.5. The predicted molar refractivity (Wildman–Crippen MR) is 64.7 cm³/mol. The molecule has 5 heteroatoms. The van der Waals surface area contributed by atoms with Crippen molar-refractivity contribution < 1.29 is 18.0 Å². The third kappa shape index (κ3) is 3.24. The third-order valence-electron chi connectivity index (χ3n) is 3.04. The molecule has 0 aliphatic heterocycles. The number of alkyl halides is 3. The average Bonchev–Trinajstić information content (AvgIpc) is 2.22. The van der Waals surface area contributed by atoms with Crippen LogP contribution in [0.15, 0.2) is 12.1 Å². The van der Waals surface area contributed by atoms with Gasteiger partial charge in [-0.05, 0) is 43.5 Å². The minimum absolute atomic E-state index is 0.322. The molecule has 0 saturated heterocycles. The number of aryl methyl sites for hydroxylation is 1. The van der Waals surface area contributed by atoms with Gasteiger partial charge in [0.15, 0.2) is 0 Å². The lowest BCUT2D eigenvalue weighted by Gasteiger charge is -2.25. The fourth-order valence-electron chi connectivity index (χ4n) is 1.78. The minimum Gasteiger partial charge on any atom is -0.303 e. The van der Waals surface area contributed by atoms with Gasteiger partial charge in [0.1, 0.15) is 6.54 Å². The van der Waals surface area contributed by atoms with Gasteiger partial charge in [-0.2, -0.15) is 13.2 Å². The van der Waals surface area contributed by atoms with Crippen molar-refractivity contribution in [3.63, 3.8) is 0 Å². The Labute approximate surface area is 104 Å². The smallest absolute Gasteiger partial charge is 0.303 e. The molecule has 1 aromatic carbocycles. The van der Waals surface area contributed by atoms with E-state index in [1.807, 2.05) is 13.8 Å². The highest BCUT2D eigenvalue weighted by Gasteiger charge is 2.33. The Hall–Kier alpha value is -1.52. The van der Waals surface area contributed by atoms with Crippen LogP contribution in [0.5, 0.6) is 0 Å². The van der Waals surface area contributed by atoms with Gasteiger partial charge < -0.3 is 4.90 Å². The molecule has 1 rings (SSSR count). The van der Waals surface area contributed by atoms with Gasteiger partial charge in [-0.15, -0.1) is 0 Å². The second-order valence-corrected chi connectivity index (χ2v) is 4.37. The van der Waals surface area contributed by atoms with Crippen molar-refractivity contribution in [2.45, 2.75) is 33.9 Å². The fourth-order valence-corrected chi connectivity index (χ4v) is 1.78. The zero-order chi connectivity index (χ0) is 14.1. The van der Waals surface area contributed by atoms with Crippen molar-refractivity contribution in [1.82, 2.24) is 0 Å². The second-order valence-electron chi connectivity index (χ2n) is 4.37. The van der Waals surface area contributed by atoms with Gasteiger partial charge >= 0.3 is 6.18 Å². The van der Waals surface area contributed by atoms with E-state index in [2.05, 4.69) is 0 Å². The van der Waals surface area contributed by atoms with Crippen LogP contribution < -0.4 is 4.90 Å². The summed E-state index contributed by atoms with van der Waals surface area (Å²) < 4.78 is 37.4. The topological polar surface area (TPSA) is 20.3 Å². The Morgan fingerprint density at radius 1 is 1.17 bits per heavy atom. The molecule has 0 saturated carbocycles. The van der Waals surface area contributed by atoms with Gasteiger partial charge in [-0.3, -0.25) is 4.79 Å². The summed E-state index contributed by atoms with van der Waals surface area (Å²) in [5.74, 6) is -0.612. The van der Waals surface area contributed by atoms with Gasteiger partial charge in [-0.25, -0.2) is 0 Å². The summed E-state index contributed by atoms with van der Waals surface area (Å²) in [7, 11) is 0. The van der Waals surface area contributed by atoms with Crippen LogP contribution in [0, 0.1) is 20.8 Å². The molecule has 0 aliphatic carbocycles. The standard InChI is InChI=1S/C13H16F3NO/c1-8-5-6-12(10(3)9(8)2)17(11(4)18)7-13(14,15)16/h5-6H,7H2,1-4H3. The van der Waals surface area contributed by atoms with Crippen LogP contribution in [-0.4, -0.2) is 18.6 Å². The SMILES string of the molecule is CC(=O)N(CC(F)(F)F)c1ccc(C)c(C)c1C. The lowest BCUT2D eigenvalue weighted by Crippen LogP contribution is -2.38. The van der Waals surface area contributed by atoms with E-state index >= 15 is 0 Å². The third-order valence-corrected chi connectivity index (χ3v) is 3.04. The molecule has 1 aromatic rings. The average molecular weight is 259 g/mol. The van der Waals surface area contributed by atoms with Crippen LogP contribution >= 0.6 is 0 Å². The molecular formula is C13H16F3NO. The van der Waals surface area contributed by atoms with E-state index in [1.165, 1.54) is 0 Å². The van der Waals surface area contributed by atoms with Crippen LogP contribution in [0.25, 0.3) is 0 Å². The van der Waals surface area contributed by atoms with Gasteiger partial charge in [0.2, 0.25) is 5.91 Å². The van der Waals surface area contributed by atoms with Crippen LogP contribution in [-0.2, 0) is 4.79 Å². The summed E-state index contributed by atoms with van der Waals surface area (Å²) in [5, 5.41) is 0. The summed E-state index contributed by atoms with van der Waals surface area (Å²) in [6, 6.07) is 3.29. The Balaban J connectivity index is 3.23. The van der Waals surface area contributed by atoms with Crippen LogP contribution in [0.4, 0.5) is 18.9 Å². The molecule has 0 N–H and O–H groups in total. The molecule has 0 atom stereocenters. The summed E-state index contributed by atoms with van der Waals surface area (Å²) in [5.41, 5.74) is 2.92. The van der Waals surface area contributed by atoms with Crippen molar-refractivity contribution in [2.24, 2.45) is 0 Å². The molecule has 18 heavy (non-hydrogen) atoms. The van der Waals surface area contributed by atoms with E-state index in [9.17, 15) is 18.0 Å². The first-order valence-electron chi connectivity index (χ1n) is 5.55. The van der Waals surface area contributed by atoms with Crippen molar-refractivity contribution >= 4 is 11.6 Å². The van der Waals surface area contributed by atoms with E-state index in [0.29, 0.717) is 11.3 Å². The van der Waals surface area contributed by atoms with Crippen molar-refractivity contribution in [3.05, 3.63) is 28.8 Å². The molecule has 0 radical (unpaired) electrons. The minimum atomic E-state index is -4.41. The zero-order valence-electron chi connectivity index (χ0n) is 10.9. The number of amides is 1. The number of nitrogens with zero attached hydrogens (tertiary/aromatic N) is 1. The first-order chi connectivity index (χ1) is 8.13. The Bertz CT molecular complexity index is 466. The molecule has 0 heterocycles. The Morgan fingerprint density at radius 3 is 2.17 bits per heavy atom. The number of carbonyl (C=O) groups is 1. The highest BCUT2D eigenvalue weighted by Crippen LogP contribution is 2.28. The van der Waals surface area contributed by atoms with Gasteiger partial charge in [-0.1, -0.05) is 6.07 Å². The van der Waals surface area contributed by atoms with E-state index in [-0.39, 0.29) is 0 Å². The predicted octanol–water partition coefficient (Wildman–Crippen LogP) is 3.53. The van der Waals surface area contributed by atoms with E-state index in [1.54, 1.807) is 19.1 Å². The van der Waals surface area contributed by atoms with E-state index in [4.69, 9.17) is 0 Å². The molecule has 100 valence electrons. The summed E-state index contributed by atoms with van der Waals surface area (Å²) in [6.07, 6.45) is -4.41. The number of benzene rings is 1. The van der Waals surface area contributed by atoms with Crippen LogP contribution in [0.2, 0.25) is 0 Å². The highest BCUT2D eigenvalue weighted by molar-refractivity contribution is 5.92. The first-order valence-corrected chi connectivity index (χ1v) is 5.55. The van der Waals surface area contributed by atoms with Crippen molar-refractivity contribution in [3.8, 4) is 0 Å². The highest BCUT2D eigenvalue weighted by atomic mass is 19.4. The molecular weight excluding hydrogens is 243 g/mol. The number of hydrogen-bond acceptors (Lipinski definition) is 1. The second kappa shape index (κ2) is 5.00. The number of hydrogen-bond donors (Lipinski definition) is 0. The summed E-state index contributed by atoms with van der Waals surface area (Å²) in [6.45, 7) is 5.32. The molecule has 0 unspecified atom stereocenters. The molecule has 0 fully saturated rings. The Kier molecular flexibility index (Phi) is 4.04. The van der Waals surface area contributed by atoms with Gasteiger partial charge in [0.05, 0.1) is 0 Å². The van der Waals surface area contributed by atoms with Gasteiger partial charge in [0, 0.05) is 12.6 Å². The normalized spacial score (nSPS) is 11.5. The lowest BCUT2D eigenvalue weighted by atomic mass is 10.0. The largest absolute Gasteiger partial charge is 0.406 e. The van der Waals surface area contributed by atoms with Gasteiger partial charge in [0.25, 0.3) is 0 Å². The fraction of sp³-hybridized carbons (Fsp3) is 0.462. The number of rotatable bonds is 2. The van der Waals surface area contributed by atoms with Crippen LogP contribution in [0.3, 0.4) is 0 Å². The number of carbonyl (C=O) groups excluding carboxylic acids is 1. The molecule has 0 bridgehead atoms. The molecule has 2 nitrogen and oxygen atoms in total. The lowest BCUT2D eigenvalue weighted by molar-refractivity contribution is -0.131. The summed E-state index contributed by atoms with van der Waals surface area (Å²) in [4.78, 5) is 12.2. The van der Waals surface area contributed by atoms with Crippen LogP contribution in [0.1, 0.15) is 23.6 Å². The quantitative estimate of drug-likeness (QED) is 0.795. The number of anilines is 1. The Morgan fingerprint density at radius 2 is 1.72 bits per heavy atom. The van der Waals surface area contributed by atoms with E-state index < -0.39 is 18.6 Å². The van der Waals surface area contributed by atoms with Crippen molar-refractivity contribution in [2.75, 3.05) is 11.4 Å². The molecule has 0 spiro atoms. The van der Waals surface area contributed by atoms with Crippen molar-refractivity contribution in [1.29, 1.82) is 0 Å². The van der Waals surface area contributed by atoms with E-state index in [0.717, 1.165) is 23.0 Å². The maximum absolute atomic E-state index is 12.5. The number of halogens is 3.